The zero-order chi connectivity index (χ0) is 17.6. The standard InChI is InChI=1S/C17H16F2N4O/c1-17(2,3)14-13-12(9-6-8(18)4-5-11(9)19)10(7-20)15(21)24-16(13)23-22-14/h4-6,12H,21H2,1-3H3,(H,22,23)/t12-/m0/s1. The largest absolute Gasteiger partial charge is 0.420 e. The van der Waals surface area contributed by atoms with Gasteiger partial charge >= 0.3 is 0 Å². The van der Waals surface area contributed by atoms with Crippen molar-refractivity contribution in [3.05, 3.63) is 58.1 Å². The maximum Gasteiger partial charge on any atom is 0.244 e. The van der Waals surface area contributed by atoms with E-state index in [9.17, 15) is 14.0 Å². The molecule has 5 nitrogen and oxygen atoms in total. The number of nitrogens with one attached hydrogen (secondary N) is 1. The van der Waals surface area contributed by atoms with Gasteiger partial charge in [0, 0.05) is 16.7 Å². The lowest BCUT2D eigenvalue weighted by molar-refractivity contribution is 0.377. The Kier molecular flexibility index (Phi) is 3.56. The molecule has 1 aliphatic rings. The topological polar surface area (TPSA) is 87.7 Å². The Morgan fingerprint density at radius 3 is 2.67 bits per heavy atom. The van der Waals surface area contributed by atoms with Crippen LogP contribution >= 0.6 is 0 Å². The molecule has 0 aliphatic carbocycles. The number of H-pyrrole nitrogens is 1. The summed E-state index contributed by atoms with van der Waals surface area (Å²) in [4.78, 5) is 0. The number of nitrogens with two attached hydrogens (primary N) is 1. The number of ether oxygens (including phenoxy) is 1. The molecular weight excluding hydrogens is 314 g/mol. The third-order valence-corrected chi connectivity index (χ3v) is 3.96. The molecule has 1 aliphatic heterocycles. The van der Waals surface area contributed by atoms with Crippen LogP contribution in [0.25, 0.3) is 0 Å². The summed E-state index contributed by atoms with van der Waals surface area (Å²) >= 11 is 0. The molecule has 1 aromatic carbocycles. The van der Waals surface area contributed by atoms with Crippen LogP contribution in [-0.4, -0.2) is 10.2 Å². The molecule has 0 saturated carbocycles. The second-order valence-corrected chi connectivity index (χ2v) is 6.66. The molecule has 7 heteroatoms. The predicted octanol–water partition coefficient (Wildman–Crippen LogP) is 3.20. The number of allylic oxidation sites excluding steroid dienone is 1. The summed E-state index contributed by atoms with van der Waals surface area (Å²) in [5, 5.41) is 16.5. The van der Waals surface area contributed by atoms with Crippen LogP contribution in [0.5, 0.6) is 5.88 Å². The maximum atomic E-state index is 14.4. The Hall–Kier alpha value is -2.88. The number of hydrogen-bond donors (Lipinski definition) is 2. The van der Waals surface area contributed by atoms with Crippen LogP contribution in [0.1, 0.15) is 43.5 Å². The van der Waals surface area contributed by atoms with E-state index < -0.39 is 17.6 Å². The Morgan fingerprint density at radius 2 is 2.04 bits per heavy atom. The van der Waals surface area contributed by atoms with E-state index in [1.54, 1.807) is 0 Å². The highest BCUT2D eigenvalue weighted by molar-refractivity contribution is 5.56. The molecule has 0 unspecified atom stereocenters. The minimum absolute atomic E-state index is 0.0194. The van der Waals surface area contributed by atoms with E-state index in [-0.39, 0.29) is 28.3 Å². The average Bonchev–Trinajstić information content (AvgIpc) is 2.91. The van der Waals surface area contributed by atoms with Gasteiger partial charge in [-0.25, -0.2) is 8.78 Å². The van der Waals surface area contributed by atoms with Gasteiger partial charge in [0.1, 0.15) is 23.3 Å². The maximum absolute atomic E-state index is 14.4. The second-order valence-electron chi connectivity index (χ2n) is 6.66. The van der Waals surface area contributed by atoms with Crippen LogP contribution in [0.3, 0.4) is 0 Å². The van der Waals surface area contributed by atoms with Crippen molar-refractivity contribution >= 4 is 0 Å². The van der Waals surface area contributed by atoms with Crippen LogP contribution in [0.15, 0.2) is 29.7 Å². The molecule has 0 bridgehead atoms. The lowest BCUT2D eigenvalue weighted by Crippen LogP contribution is -2.24. The Bertz CT molecular complexity index is 887. The zero-order valence-corrected chi connectivity index (χ0v) is 13.4. The summed E-state index contributed by atoms with van der Waals surface area (Å²) in [5.41, 5.74) is 6.64. The fraction of sp³-hybridized carbons (Fsp3) is 0.294. The van der Waals surface area contributed by atoms with Gasteiger partial charge in [-0.15, -0.1) is 5.10 Å². The number of benzene rings is 1. The second kappa shape index (κ2) is 5.34. The highest BCUT2D eigenvalue weighted by Gasteiger charge is 2.39. The molecule has 2 heterocycles. The molecule has 0 saturated heterocycles. The molecule has 24 heavy (non-hydrogen) atoms. The van der Waals surface area contributed by atoms with E-state index in [0.29, 0.717) is 11.3 Å². The summed E-state index contributed by atoms with van der Waals surface area (Å²) in [6.45, 7) is 5.81. The van der Waals surface area contributed by atoms with Gasteiger partial charge in [-0.2, -0.15) is 5.26 Å². The smallest absolute Gasteiger partial charge is 0.244 e. The number of halogens is 2. The van der Waals surface area contributed by atoms with Crippen molar-refractivity contribution in [1.82, 2.24) is 10.2 Å². The minimum atomic E-state index is -0.887. The number of aromatic nitrogens is 2. The molecule has 3 rings (SSSR count). The normalized spacial score (nSPS) is 17.2. The monoisotopic (exact) mass is 330 g/mol. The van der Waals surface area contributed by atoms with Gasteiger partial charge in [0.25, 0.3) is 0 Å². The van der Waals surface area contributed by atoms with E-state index in [1.807, 2.05) is 26.8 Å². The number of nitriles is 1. The van der Waals surface area contributed by atoms with Crippen molar-refractivity contribution in [3.8, 4) is 11.9 Å². The van der Waals surface area contributed by atoms with Crippen LogP contribution in [0, 0.1) is 23.0 Å². The third-order valence-electron chi connectivity index (χ3n) is 3.96. The number of nitrogens with zero attached hydrogens (tertiary/aromatic N) is 2. The number of hydrogen-bond acceptors (Lipinski definition) is 4. The Labute approximate surface area is 137 Å². The van der Waals surface area contributed by atoms with Gasteiger partial charge in [-0.05, 0) is 18.2 Å². The van der Waals surface area contributed by atoms with Gasteiger partial charge in [0.15, 0.2) is 0 Å². The van der Waals surface area contributed by atoms with Crippen LogP contribution in [0.2, 0.25) is 0 Å². The summed E-state index contributed by atoms with van der Waals surface area (Å²) in [5.74, 6) is -2.11. The van der Waals surface area contributed by atoms with Crippen molar-refractivity contribution in [3.63, 3.8) is 0 Å². The van der Waals surface area contributed by atoms with Crippen molar-refractivity contribution in [1.29, 1.82) is 5.26 Å². The summed E-state index contributed by atoms with van der Waals surface area (Å²) in [6.07, 6.45) is 0. The summed E-state index contributed by atoms with van der Waals surface area (Å²) in [7, 11) is 0. The lowest BCUT2D eigenvalue weighted by atomic mass is 9.78. The first-order chi connectivity index (χ1) is 11.2. The fourth-order valence-electron chi connectivity index (χ4n) is 2.86. The van der Waals surface area contributed by atoms with E-state index in [4.69, 9.17) is 10.5 Å². The number of aromatic amines is 1. The first-order valence-electron chi connectivity index (χ1n) is 7.35. The molecular formula is C17H16F2N4O. The van der Waals surface area contributed by atoms with Gasteiger partial charge in [-0.1, -0.05) is 20.8 Å². The van der Waals surface area contributed by atoms with Gasteiger partial charge in [0.2, 0.25) is 11.8 Å². The molecule has 124 valence electrons. The average molecular weight is 330 g/mol. The molecule has 0 spiro atoms. The van der Waals surface area contributed by atoms with Crippen LogP contribution in [-0.2, 0) is 5.41 Å². The first-order valence-corrected chi connectivity index (χ1v) is 7.35. The Balaban J connectivity index is 2.33. The summed E-state index contributed by atoms with van der Waals surface area (Å²) < 4.78 is 33.5. The number of rotatable bonds is 1. The van der Waals surface area contributed by atoms with Crippen molar-refractivity contribution < 1.29 is 13.5 Å². The predicted molar refractivity (Wildman–Crippen MR) is 82.9 cm³/mol. The van der Waals surface area contributed by atoms with Crippen LogP contribution < -0.4 is 10.5 Å². The van der Waals surface area contributed by atoms with Crippen molar-refractivity contribution in [2.24, 2.45) is 5.73 Å². The van der Waals surface area contributed by atoms with E-state index in [1.165, 1.54) is 0 Å². The molecule has 1 atom stereocenters. The van der Waals surface area contributed by atoms with Gasteiger partial charge < -0.3 is 10.5 Å². The molecule has 0 amide bonds. The van der Waals surface area contributed by atoms with Crippen LogP contribution in [0.4, 0.5) is 8.78 Å². The van der Waals surface area contributed by atoms with E-state index in [0.717, 1.165) is 18.2 Å². The highest BCUT2D eigenvalue weighted by Crippen LogP contribution is 2.46. The molecule has 3 N–H and O–H groups in total. The zero-order valence-electron chi connectivity index (χ0n) is 13.4. The molecule has 0 fully saturated rings. The first kappa shape index (κ1) is 16.0. The molecule has 2 aromatic rings. The third kappa shape index (κ3) is 2.40. The van der Waals surface area contributed by atoms with Crippen molar-refractivity contribution in [2.45, 2.75) is 32.1 Å². The molecule has 1 aromatic heterocycles. The summed E-state index contributed by atoms with van der Waals surface area (Å²) in [6, 6.07) is 5.08. The minimum Gasteiger partial charge on any atom is -0.420 e. The SMILES string of the molecule is CC(C)(C)c1[nH]nc2c1[C@@H](c1cc(F)ccc1F)C(C#N)=C(N)O2. The Morgan fingerprint density at radius 1 is 1.33 bits per heavy atom. The fourth-order valence-corrected chi connectivity index (χ4v) is 2.86. The lowest BCUT2D eigenvalue weighted by Gasteiger charge is -2.27. The quantitative estimate of drug-likeness (QED) is 0.840. The van der Waals surface area contributed by atoms with Gasteiger partial charge in [-0.3, -0.25) is 5.10 Å². The van der Waals surface area contributed by atoms with Crippen molar-refractivity contribution in [2.75, 3.05) is 0 Å². The van der Waals surface area contributed by atoms with E-state index in [2.05, 4.69) is 10.2 Å². The molecule has 0 radical (unpaired) electrons. The van der Waals surface area contributed by atoms with Gasteiger partial charge in [0.05, 0.1) is 11.5 Å². The highest BCUT2D eigenvalue weighted by atomic mass is 19.1. The number of fused-ring (bicyclic) bond motifs is 1. The van der Waals surface area contributed by atoms with E-state index >= 15 is 0 Å².